The van der Waals surface area contributed by atoms with Gasteiger partial charge in [-0.25, -0.2) is 4.98 Å². The van der Waals surface area contributed by atoms with Gasteiger partial charge in [-0.2, -0.15) is 11.8 Å². The van der Waals surface area contributed by atoms with Gasteiger partial charge >= 0.3 is 0 Å². The molecule has 1 fully saturated rings. The average molecular weight is 468 g/mol. The summed E-state index contributed by atoms with van der Waals surface area (Å²) in [5, 5.41) is 10.9. The standard InChI is InChI=1S/C16H28N4S2.HI/c1-16(2,3)13-11-22-14(20-13)7-8-18-15(17-4)19-10-12-6-5-9-21-12;/h11-12H,5-10H2,1-4H3,(H2,17,18,19);1H. The Morgan fingerprint density at radius 2 is 2.17 bits per heavy atom. The van der Waals surface area contributed by atoms with Crippen LogP contribution in [0.15, 0.2) is 10.4 Å². The summed E-state index contributed by atoms with van der Waals surface area (Å²) in [4.78, 5) is 9.02. The van der Waals surface area contributed by atoms with E-state index in [0.717, 1.165) is 30.7 Å². The van der Waals surface area contributed by atoms with Crippen molar-refractivity contribution in [2.45, 2.75) is 50.7 Å². The molecule has 0 saturated carbocycles. The highest BCUT2D eigenvalue weighted by Crippen LogP contribution is 2.25. The highest BCUT2D eigenvalue weighted by atomic mass is 127. The molecular weight excluding hydrogens is 439 g/mol. The van der Waals surface area contributed by atoms with E-state index in [-0.39, 0.29) is 29.4 Å². The molecule has 0 spiro atoms. The maximum Gasteiger partial charge on any atom is 0.191 e. The minimum absolute atomic E-state index is 0. The van der Waals surface area contributed by atoms with Gasteiger partial charge in [-0.3, -0.25) is 4.99 Å². The minimum atomic E-state index is 0. The second-order valence-corrected chi connectivity index (χ2v) is 8.99. The third kappa shape index (κ3) is 7.17. The normalized spacial score (nSPS) is 18.6. The van der Waals surface area contributed by atoms with E-state index >= 15 is 0 Å². The van der Waals surface area contributed by atoms with Crippen LogP contribution in [0.4, 0.5) is 0 Å². The van der Waals surface area contributed by atoms with Gasteiger partial charge in [0.25, 0.3) is 0 Å². The van der Waals surface area contributed by atoms with Crippen LogP contribution >= 0.6 is 47.1 Å². The monoisotopic (exact) mass is 468 g/mol. The SMILES string of the molecule is CN=C(NCCc1nc(C(C)(C)C)cs1)NCC1CCCS1.I. The number of hydrogen-bond donors (Lipinski definition) is 2. The maximum atomic E-state index is 4.73. The Labute approximate surface area is 165 Å². The topological polar surface area (TPSA) is 49.3 Å². The van der Waals surface area contributed by atoms with E-state index < -0.39 is 0 Å². The third-order valence-corrected chi connectivity index (χ3v) is 6.00. The molecule has 1 aliphatic heterocycles. The van der Waals surface area contributed by atoms with E-state index in [0.29, 0.717) is 0 Å². The number of thiazole rings is 1. The van der Waals surface area contributed by atoms with Gasteiger partial charge in [0.05, 0.1) is 10.7 Å². The zero-order chi connectivity index (χ0) is 16.0. The Bertz CT molecular complexity index is 491. The number of aliphatic imine (C=N–C) groups is 1. The molecule has 1 aromatic heterocycles. The molecule has 0 amide bonds. The van der Waals surface area contributed by atoms with E-state index in [1.807, 2.05) is 7.05 Å². The lowest BCUT2D eigenvalue weighted by Gasteiger charge is -2.15. The van der Waals surface area contributed by atoms with E-state index in [4.69, 9.17) is 4.98 Å². The molecule has 1 aliphatic rings. The summed E-state index contributed by atoms with van der Waals surface area (Å²) in [5.74, 6) is 2.21. The fraction of sp³-hybridized carbons (Fsp3) is 0.750. The molecule has 7 heteroatoms. The summed E-state index contributed by atoms with van der Waals surface area (Å²) in [6, 6.07) is 0. The first-order valence-corrected chi connectivity index (χ1v) is 9.93. The smallest absolute Gasteiger partial charge is 0.191 e. The molecule has 132 valence electrons. The van der Waals surface area contributed by atoms with E-state index in [2.05, 4.69) is 53.5 Å². The van der Waals surface area contributed by atoms with Gasteiger partial charge in [-0.1, -0.05) is 20.8 Å². The first-order chi connectivity index (χ1) is 10.5. The first kappa shape index (κ1) is 21.0. The lowest BCUT2D eigenvalue weighted by molar-refractivity contribution is 0.570. The van der Waals surface area contributed by atoms with Crippen LogP contribution in [0.25, 0.3) is 0 Å². The molecule has 0 bridgehead atoms. The molecule has 23 heavy (non-hydrogen) atoms. The van der Waals surface area contributed by atoms with Gasteiger partial charge in [0.1, 0.15) is 0 Å². The largest absolute Gasteiger partial charge is 0.356 e. The van der Waals surface area contributed by atoms with Gasteiger partial charge in [0.2, 0.25) is 0 Å². The van der Waals surface area contributed by atoms with Crippen LogP contribution in [-0.4, -0.2) is 42.1 Å². The second-order valence-electron chi connectivity index (χ2n) is 6.64. The number of hydrogen-bond acceptors (Lipinski definition) is 4. The lowest BCUT2D eigenvalue weighted by atomic mass is 9.93. The molecule has 2 N–H and O–H groups in total. The number of guanidine groups is 1. The fourth-order valence-corrected chi connectivity index (χ4v) is 4.52. The number of halogens is 1. The number of nitrogens with zero attached hydrogens (tertiary/aromatic N) is 2. The number of aromatic nitrogens is 1. The van der Waals surface area contributed by atoms with E-state index in [1.165, 1.54) is 29.3 Å². The molecule has 2 heterocycles. The predicted octanol–water partition coefficient (Wildman–Crippen LogP) is 3.66. The summed E-state index contributed by atoms with van der Waals surface area (Å²) in [6.07, 6.45) is 3.62. The summed E-state index contributed by atoms with van der Waals surface area (Å²) in [6.45, 7) is 8.50. The van der Waals surface area contributed by atoms with Crippen LogP contribution in [0.5, 0.6) is 0 Å². The predicted molar refractivity (Wildman–Crippen MR) is 115 cm³/mol. The van der Waals surface area contributed by atoms with Crippen LogP contribution in [-0.2, 0) is 11.8 Å². The van der Waals surface area contributed by atoms with Gasteiger partial charge < -0.3 is 10.6 Å². The molecule has 0 aliphatic carbocycles. The van der Waals surface area contributed by atoms with E-state index in [9.17, 15) is 0 Å². The van der Waals surface area contributed by atoms with Crippen molar-refractivity contribution in [2.75, 3.05) is 25.9 Å². The van der Waals surface area contributed by atoms with Crippen molar-refractivity contribution in [3.63, 3.8) is 0 Å². The van der Waals surface area contributed by atoms with Crippen molar-refractivity contribution in [1.29, 1.82) is 0 Å². The molecule has 0 aromatic carbocycles. The van der Waals surface area contributed by atoms with Crippen molar-refractivity contribution in [3.05, 3.63) is 16.1 Å². The minimum Gasteiger partial charge on any atom is -0.356 e. The quantitative estimate of drug-likeness (QED) is 0.394. The third-order valence-electron chi connectivity index (χ3n) is 3.70. The highest BCUT2D eigenvalue weighted by molar-refractivity contribution is 14.0. The maximum absolute atomic E-state index is 4.73. The van der Waals surface area contributed by atoms with Gasteiger partial charge in [-0.15, -0.1) is 35.3 Å². The summed E-state index contributed by atoms with van der Waals surface area (Å²) in [7, 11) is 1.83. The summed E-state index contributed by atoms with van der Waals surface area (Å²) in [5.41, 5.74) is 1.33. The van der Waals surface area contributed by atoms with Gasteiger partial charge in [0, 0.05) is 42.6 Å². The molecular formula is C16H29IN4S2. The molecule has 1 aromatic rings. The van der Waals surface area contributed by atoms with Crippen LogP contribution in [0.2, 0.25) is 0 Å². The van der Waals surface area contributed by atoms with Gasteiger partial charge in [0.15, 0.2) is 5.96 Å². The highest BCUT2D eigenvalue weighted by Gasteiger charge is 2.17. The molecule has 2 rings (SSSR count). The van der Waals surface area contributed by atoms with Gasteiger partial charge in [-0.05, 0) is 18.6 Å². The van der Waals surface area contributed by atoms with E-state index in [1.54, 1.807) is 11.3 Å². The Morgan fingerprint density at radius 1 is 1.39 bits per heavy atom. The molecule has 0 radical (unpaired) electrons. The van der Waals surface area contributed by atoms with Crippen molar-refractivity contribution < 1.29 is 0 Å². The Balaban J connectivity index is 0.00000264. The van der Waals surface area contributed by atoms with Crippen LogP contribution in [0, 0.1) is 0 Å². The molecule has 1 unspecified atom stereocenters. The second kappa shape index (κ2) is 10.1. The van der Waals surface area contributed by atoms with Crippen LogP contribution in [0.3, 0.4) is 0 Å². The number of thioether (sulfide) groups is 1. The molecule has 1 saturated heterocycles. The molecule has 4 nitrogen and oxygen atoms in total. The zero-order valence-corrected chi connectivity index (χ0v) is 18.5. The lowest BCUT2D eigenvalue weighted by Crippen LogP contribution is -2.40. The van der Waals surface area contributed by atoms with Crippen LogP contribution < -0.4 is 10.6 Å². The average Bonchev–Trinajstić information content (AvgIpc) is 3.13. The van der Waals surface area contributed by atoms with Crippen molar-refractivity contribution in [1.82, 2.24) is 15.6 Å². The number of rotatable bonds is 5. The van der Waals surface area contributed by atoms with Crippen LogP contribution in [0.1, 0.15) is 44.3 Å². The van der Waals surface area contributed by atoms with Crippen molar-refractivity contribution >= 4 is 53.0 Å². The number of nitrogens with one attached hydrogen (secondary N) is 2. The zero-order valence-electron chi connectivity index (χ0n) is 14.5. The Morgan fingerprint density at radius 3 is 2.74 bits per heavy atom. The Hall–Kier alpha value is -0.0200. The van der Waals surface area contributed by atoms with Crippen molar-refractivity contribution in [3.8, 4) is 0 Å². The summed E-state index contributed by atoms with van der Waals surface area (Å²) < 4.78 is 0. The van der Waals surface area contributed by atoms with Crippen molar-refractivity contribution in [2.24, 2.45) is 4.99 Å². The first-order valence-electron chi connectivity index (χ1n) is 8.00. The Kier molecular flexibility index (Phi) is 9.21. The summed E-state index contributed by atoms with van der Waals surface area (Å²) >= 11 is 3.82. The molecule has 1 atom stereocenters. The fourth-order valence-electron chi connectivity index (χ4n) is 2.29.